The number of rotatable bonds is 5. The summed E-state index contributed by atoms with van der Waals surface area (Å²) >= 11 is 0. The molecule has 0 amide bonds. The van der Waals surface area contributed by atoms with Crippen LogP contribution < -0.4 is 4.90 Å². The summed E-state index contributed by atoms with van der Waals surface area (Å²) in [5, 5.41) is 0. The molecule has 2 nitrogen and oxygen atoms in total. The molecule has 0 aliphatic rings. The highest BCUT2D eigenvalue weighted by atomic mass is 16.3. The Kier molecular flexibility index (Phi) is 3.44. The van der Waals surface area contributed by atoms with Crippen molar-refractivity contribution in [2.24, 2.45) is 0 Å². The van der Waals surface area contributed by atoms with E-state index in [0.717, 1.165) is 18.8 Å². The number of benzene rings is 1. The fraction of sp³-hybridized carbons (Fsp3) is 0.143. The minimum Gasteiger partial charge on any atom is -0.467 e. The molecular weight excluding hydrogens is 198 g/mol. The Labute approximate surface area is 95.8 Å². The van der Waals surface area contributed by atoms with Gasteiger partial charge in [0.1, 0.15) is 5.76 Å². The number of hydrogen-bond acceptors (Lipinski definition) is 2. The van der Waals surface area contributed by atoms with Gasteiger partial charge in [-0.25, -0.2) is 0 Å². The maximum absolute atomic E-state index is 5.36. The third kappa shape index (κ3) is 2.54. The second kappa shape index (κ2) is 5.21. The second-order valence-electron chi connectivity index (χ2n) is 3.58. The molecule has 2 heteroatoms. The molecule has 2 aromatic rings. The molecule has 0 aliphatic heterocycles. The minimum atomic E-state index is 0.767. The normalized spacial score (nSPS) is 10.0. The maximum Gasteiger partial charge on any atom is 0.123 e. The van der Waals surface area contributed by atoms with Gasteiger partial charge in [-0.05, 0) is 24.3 Å². The fourth-order valence-corrected chi connectivity index (χ4v) is 1.65. The highest BCUT2D eigenvalue weighted by Gasteiger charge is 2.06. The van der Waals surface area contributed by atoms with Gasteiger partial charge < -0.3 is 9.32 Å². The van der Waals surface area contributed by atoms with E-state index in [1.165, 1.54) is 5.69 Å². The van der Waals surface area contributed by atoms with Crippen LogP contribution in [0.2, 0.25) is 0 Å². The molecule has 0 N–H and O–H groups in total. The Morgan fingerprint density at radius 1 is 1.12 bits per heavy atom. The third-order valence-corrected chi connectivity index (χ3v) is 2.40. The van der Waals surface area contributed by atoms with Crippen molar-refractivity contribution < 1.29 is 4.42 Å². The summed E-state index contributed by atoms with van der Waals surface area (Å²) in [6.07, 6.45) is 3.60. The molecule has 0 saturated heterocycles. The standard InChI is InChI=1S/C14H15NO/c1-2-10-15(12-14-9-6-11-16-14)13-7-4-3-5-8-13/h2-9,11H,1,10,12H2. The first-order valence-electron chi connectivity index (χ1n) is 5.33. The molecule has 0 aliphatic carbocycles. The number of furan rings is 1. The van der Waals surface area contributed by atoms with Gasteiger partial charge >= 0.3 is 0 Å². The zero-order valence-electron chi connectivity index (χ0n) is 9.17. The van der Waals surface area contributed by atoms with Gasteiger partial charge in [-0.1, -0.05) is 24.3 Å². The molecule has 0 unspecified atom stereocenters. The van der Waals surface area contributed by atoms with Crippen LogP contribution >= 0.6 is 0 Å². The van der Waals surface area contributed by atoms with E-state index in [9.17, 15) is 0 Å². The molecule has 16 heavy (non-hydrogen) atoms. The van der Waals surface area contributed by atoms with E-state index < -0.39 is 0 Å². The maximum atomic E-state index is 5.36. The van der Waals surface area contributed by atoms with Gasteiger partial charge in [0.2, 0.25) is 0 Å². The highest BCUT2D eigenvalue weighted by molar-refractivity contribution is 5.46. The van der Waals surface area contributed by atoms with Crippen LogP contribution in [0, 0.1) is 0 Å². The Morgan fingerprint density at radius 3 is 2.56 bits per heavy atom. The lowest BCUT2D eigenvalue weighted by Gasteiger charge is -2.21. The van der Waals surface area contributed by atoms with Crippen LogP contribution in [0.3, 0.4) is 0 Å². The summed E-state index contributed by atoms with van der Waals surface area (Å²) in [4.78, 5) is 2.21. The van der Waals surface area contributed by atoms with Crippen LogP contribution in [-0.4, -0.2) is 6.54 Å². The van der Waals surface area contributed by atoms with Gasteiger partial charge in [-0.2, -0.15) is 0 Å². The van der Waals surface area contributed by atoms with E-state index in [0.29, 0.717) is 0 Å². The van der Waals surface area contributed by atoms with Crippen molar-refractivity contribution in [2.45, 2.75) is 6.54 Å². The van der Waals surface area contributed by atoms with Gasteiger partial charge in [0.05, 0.1) is 12.8 Å². The average molecular weight is 213 g/mol. The van der Waals surface area contributed by atoms with Crippen LogP contribution in [0.25, 0.3) is 0 Å². The number of hydrogen-bond donors (Lipinski definition) is 0. The molecule has 82 valence electrons. The van der Waals surface area contributed by atoms with Gasteiger partial charge in [0.15, 0.2) is 0 Å². The fourth-order valence-electron chi connectivity index (χ4n) is 1.65. The van der Waals surface area contributed by atoms with Crippen LogP contribution in [0.15, 0.2) is 65.8 Å². The van der Waals surface area contributed by atoms with Crippen LogP contribution in [0.4, 0.5) is 5.69 Å². The van der Waals surface area contributed by atoms with Crippen molar-refractivity contribution in [3.8, 4) is 0 Å². The van der Waals surface area contributed by atoms with Gasteiger partial charge in [0.25, 0.3) is 0 Å². The SMILES string of the molecule is C=CCN(Cc1ccco1)c1ccccc1. The van der Waals surface area contributed by atoms with E-state index >= 15 is 0 Å². The van der Waals surface area contributed by atoms with Crippen LogP contribution in [-0.2, 0) is 6.54 Å². The largest absolute Gasteiger partial charge is 0.467 e. The van der Waals surface area contributed by atoms with E-state index in [1.807, 2.05) is 36.4 Å². The Balaban J connectivity index is 2.14. The predicted octanol–water partition coefficient (Wildman–Crippen LogP) is 3.47. The Bertz CT molecular complexity index is 419. The molecular formula is C14H15NO. The van der Waals surface area contributed by atoms with Gasteiger partial charge in [-0.3, -0.25) is 0 Å². The summed E-state index contributed by atoms with van der Waals surface area (Å²) in [5.41, 5.74) is 1.18. The smallest absolute Gasteiger partial charge is 0.123 e. The summed E-state index contributed by atoms with van der Waals surface area (Å²) in [7, 11) is 0. The topological polar surface area (TPSA) is 16.4 Å². The van der Waals surface area contributed by atoms with Crippen molar-refractivity contribution in [3.63, 3.8) is 0 Å². The van der Waals surface area contributed by atoms with E-state index in [1.54, 1.807) is 6.26 Å². The first kappa shape index (κ1) is 10.6. The van der Waals surface area contributed by atoms with Crippen molar-refractivity contribution in [2.75, 3.05) is 11.4 Å². The minimum absolute atomic E-state index is 0.767. The lowest BCUT2D eigenvalue weighted by molar-refractivity contribution is 0.505. The summed E-state index contributed by atoms with van der Waals surface area (Å²) in [5.74, 6) is 0.964. The Hall–Kier alpha value is -1.96. The lowest BCUT2D eigenvalue weighted by Crippen LogP contribution is -2.22. The quantitative estimate of drug-likeness (QED) is 0.707. The van der Waals surface area contributed by atoms with Gasteiger partial charge in [0, 0.05) is 12.2 Å². The third-order valence-electron chi connectivity index (χ3n) is 2.40. The summed E-state index contributed by atoms with van der Waals surface area (Å²) in [6, 6.07) is 14.2. The zero-order valence-corrected chi connectivity index (χ0v) is 9.17. The molecule has 1 aromatic heterocycles. The van der Waals surface area contributed by atoms with E-state index in [-0.39, 0.29) is 0 Å². The second-order valence-corrected chi connectivity index (χ2v) is 3.58. The molecule has 0 fully saturated rings. The monoisotopic (exact) mass is 213 g/mol. The summed E-state index contributed by atoms with van der Waals surface area (Å²) in [6.45, 7) is 5.36. The highest BCUT2D eigenvalue weighted by Crippen LogP contribution is 2.16. The Morgan fingerprint density at radius 2 is 1.94 bits per heavy atom. The van der Waals surface area contributed by atoms with Crippen molar-refractivity contribution >= 4 is 5.69 Å². The average Bonchev–Trinajstić information content (AvgIpc) is 2.83. The molecule has 0 atom stereocenters. The first-order valence-corrected chi connectivity index (χ1v) is 5.33. The van der Waals surface area contributed by atoms with Crippen LogP contribution in [0.1, 0.15) is 5.76 Å². The lowest BCUT2D eigenvalue weighted by atomic mass is 10.2. The molecule has 0 spiro atoms. The van der Waals surface area contributed by atoms with E-state index in [4.69, 9.17) is 4.42 Å². The van der Waals surface area contributed by atoms with Gasteiger partial charge in [-0.15, -0.1) is 6.58 Å². The number of para-hydroxylation sites is 1. The van der Waals surface area contributed by atoms with Crippen molar-refractivity contribution in [1.82, 2.24) is 0 Å². The first-order chi connectivity index (χ1) is 7.90. The molecule has 2 rings (SSSR count). The predicted molar refractivity (Wildman–Crippen MR) is 66.4 cm³/mol. The molecule has 0 saturated carbocycles. The van der Waals surface area contributed by atoms with Crippen molar-refractivity contribution in [3.05, 3.63) is 67.1 Å². The van der Waals surface area contributed by atoms with Crippen molar-refractivity contribution in [1.29, 1.82) is 0 Å². The molecule has 0 bridgehead atoms. The summed E-state index contributed by atoms with van der Waals surface area (Å²) < 4.78 is 5.36. The molecule has 1 heterocycles. The number of nitrogens with zero attached hydrogens (tertiary/aromatic N) is 1. The number of anilines is 1. The molecule has 0 radical (unpaired) electrons. The van der Waals surface area contributed by atoms with E-state index in [2.05, 4.69) is 23.6 Å². The zero-order chi connectivity index (χ0) is 11.2. The molecule has 1 aromatic carbocycles. The van der Waals surface area contributed by atoms with Crippen LogP contribution in [0.5, 0.6) is 0 Å².